The summed E-state index contributed by atoms with van der Waals surface area (Å²) in [6.07, 6.45) is 1.82. The van der Waals surface area contributed by atoms with E-state index in [9.17, 15) is 5.11 Å². The molecule has 0 amide bonds. The lowest BCUT2D eigenvalue weighted by atomic mass is 10.1. The van der Waals surface area contributed by atoms with Gasteiger partial charge < -0.3 is 14.6 Å². The maximum atomic E-state index is 10.4. The molecule has 0 unspecified atom stereocenters. The van der Waals surface area contributed by atoms with Crippen molar-refractivity contribution in [3.8, 4) is 17.2 Å². The zero-order valence-corrected chi connectivity index (χ0v) is 15.9. The van der Waals surface area contributed by atoms with Crippen molar-refractivity contribution in [3.63, 3.8) is 0 Å². The van der Waals surface area contributed by atoms with Crippen molar-refractivity contribution < 1.29 is 14.6 Å². The lowest BCUT2D eigenvalue weighted by Crippen LogP contribution is -2.05. The standard InChI is InChI=1S/C24H26O3/c1-3-18-10-5-7-14-23(18)26-16-20-12-9-13-22(25)21(20)17-27-24-15-8-6-11-19(24)4-2/h5-15,25H,3-4,16-17H2,1-2H3. The highest BCUT2D eigenvalue weighted by atomic mass is 16.5. The number of benzene rings is 3. The highest BCUT2D eigenvalue weighted by Crippen LogP contribution is 2.27. The Hall–Kier alpha value is -2.94. The molecule has 3 aromatic rings. The molecule has 3 heteroatoms. The molecular weight excluding hydrogens is 336 g/mol. The van der Waals surface area contributed by atoms with Crippen LogP contribution in [0.15, 0.2) is 66.7 Å². The summed E-state index contributed by atoms with van der Waals surface area (Å²) >= 11 is 0. The van der Waals surface area contributed by atoms with E-state index >= 15 is 0 Å². The Morgan fingerprint density at radius 1 is 0.630 bits per heavy atom. The molecular formula is C24H26O3. The lowest BCUT2D eigenvalue weighted by Gasteiger charge is -2.16. The number of phenols is 1. The average Bonchev–Trinajstić information content (AvgIpc) is 2.72. The maximum absolute atomic E-state index is 10.4. The minimum Gasteiger partial charge on any atom is -0.508 e. The van der Waals surface area contributed by atoms with Gasteiger partial charge in [-0.3, -0.25) is 0 Å². The molecule has 0 radical (unpaired) electrons. The molecule has 0 aromatic heterocycles. The fourth-order valence-corrected chi connectivity index (χ4v) is 3.10. The zero-order valence-electron chi connectivity index (χ0n) is 15.9. The van der Waals surface area contributed by atoms with Crippen LogP contribution in [0.2, 0.25) is 0 Å². The van der Waals surface area contributed by atoms with Crippen LogP contribution in [0.3, 0.4) is 0 Å². The Morgan fingerprint density at radius 3 is 1.74 bits per heavy atom. The van der Waals surface area contributed by atoms with E-state index in [-0.39, 0.29) is 5.75 Å². The predicted molar refractivity (Wildman–Crippen MR) is 108 cm³/mol. The van der Waals surface area contributed by atoms with Crippen LogP contribution in [0.5, 0.6) is 17.2 Å². The first kappa shape index (κ1) is 18.8. The van der Waals surface area contributed by atoms with Gasteiger partial charge in [-0.2, -0.15) is 0 Å². The molecule has 0 aliphatic heterocycles. The van der Waals surface area contributed by atoms with Gasteiger partial charge >= 0.3 is 0 Å². The van der Waals surface area contributed by atoms with Crippen LogP contribution in [-0.2, 0) is 26.1 Å². The van der Waals surface area contributed by atoms with Crippen LogP contribution >= 0.6 is 0 Å². The van der Waals surface area contributed by atoms with Crippen molar-refractivity contribution in [3.05, 3.63) is 89.0 Å². The first-order valence-electron chi connectivity index (χ1n) is 9.44. The van der Waals surface area contributed by atoms with Crippen molar-refractivity contribution in [1.29, 1.82) is 0 Å². The van der Waals surface area contributed by atoms with E-state index in [0.717, 1.165) is 41.0 Å². The first-order valence-corrected chi connectivity index (χ1v) is 9.44. The summed E-state index contributed by atoms with van der Waals surface area (Å²) in [4.78, 5) is 0. The minimum atomic E-state index is 0.230. The molecule has 0 bridgehead atoms. The van der Waals surface area contributed by atoms with Gasteiger partial charge in [0.15, 0.2) is 0 Å². The second-order valence-corrected chi connectivity index (χ2v) is 6.41. The number of ether oxygens (including phenoxy) is 2. The van der Waals surface area contributed by atoms with E-state index in [1.54, 1.807) is 6.07 Å². The van der Waals surface area contributed by atoms with Gasteiger partial charge in [0.1, 0.15) is 30.5 Å². The largest absolute Gasteiger partial charge is 0.508 e. The SMILES string of the molecule is CCc1ccccc1OCc1cccc(O)c1COc1ccccc1CC. The van der Waals surface area contributed by atoms with Crippen molar-refractivity contribution >= 4 is 0 Å². The third-order valence-electron chi connectivity index (χ3n) is 4.71. The second-order valence-electron chi connectivity index (χ2n) is 6.41. The van der Waals surface area contributed by atoms with Crippen LogP contribution in [0.4, 0.5) is 0 Å². The predicted octanol–water partition coefficient (Wildman–Crippen LogP) is 5.68. The molecule has 3 aromatic carbocycles. The molecule has 140 valence electrons. The summed E-state index contributed by atoms with van der Waals surface area (Å²) < 4.78 is 12.1. The smallest absolute Gasteiger partial charge is 0.122 e. The second kappa shape index (κ2) is 9.13. The normalized spacial score (nSPS) is 10.6. The quantitative estimate of drug-likeness (QED) is 0.561. The average molecular weight is 362 g/mol. The van der Waals surface area contributed by atoms with Gasteiger partial charge in [0.25, 0.3) is 0 Å². The Balaban J connectivity index is 1.76. The molecule has 3 nitrogen and oxygen atoms in total. The molecule has 0 atom stereocenters. The van der Waals surface area contributed by atoms with Gasteiger partial charge in [-0.1, -0.05) is 62.4 Å². The summed E-state index contributed by atoms with van der Waals surface area (Å²) in [5.74, 6) is 1.96. The fraction of sp³-hybridized carbons (Fsp3) is 0.250. The Kier molecular flexibility index (Phi) is 6.37. The summed E-state index contributed by atoms with van der Waals surface area (Å²) in [6.45, 7) is 4.91. The number of para-hydroxylation sites is 2. The van der Waals surface area contributed by atoms with Crippen molar-refractivity contribution in [1.82, 2.24) is 0 Å². The van der Waals surface area contributed by atoms with Crippen LogP contribution < -0.4 is 9.47 Å². The van der Waals surface area contributed by atoms with Gasteiger partial charge in [0.05, 0.1) is 0 Å². The number of hydrogen-bond donors (Lipinski definition) is 1. The fourth-order valence-electron chi connectivity index (χ4n) is 3.10. The van der Waals surface area contributed by atoms with E-state index in [1.165, 1.54) is 5.56 Å². The van der Waals surface area contributed by atoms with Crippen molar-refractivity contribution in [2.24, 2.45) is 0 Å². The molecule has 0 aliphatic rings. The third-order valence-corrected chi connectivity index (χ3v) is 4.71. The Morgan fingerprint density at radius 2 is 1.15 bits per heavy atom. The van der Waals surface area contributed by atoms with E-state index in [1.807, 2.05) is 48.5 Å². The van der Waals surface area contributed by atoms with Gasteiger partial charge in [-0.05, 0) is 47.7 Å². The van der Waals surface area contributed by atoms with E-state index in [4.69, 9.17) is 9.47 Å². The van der Waals surface area contributed by atoms with E-state index < -0.39 is 0 Å². The first-order chi connectivity index (χ1) is 13.2. The van der Waals surface area contributed by atoms with Gasteiger partial charge in [0, 0.05) is 5.56 Å². The summed E-state index contributed by atoms with van der Waals surface area (Å²) in [5, 5.41) is 10.4. The molecule has 0 saturated carbocycles. The molecule has 0 spiro atoms. The molecule has 3 rings (SSSR count). The number of hydrogen-bond acceptors (Lipinski definition) is 3. The molecule has 1 N–H and O–H groups in total. The topological polar surface area (TPSA) is 38.7 Å². The van der Waals surface area contributed by atoms with E-state index in [0.29, 0.717) is 13.2 Å². The number of phenolic OH excluding ortho intramolecular Hbond substituents is 1. The summed E-state index contributed by atoms with van der Waals surface area (Å²) in [5.41, 5.74) is 4.02. The number of rotatable bonds is 8. The van der Waals surface area contributed by atoms with Crippen molar-refractivity contribution in [2.45, 2.75) is 39.9 Å². The Bertz CT molecular complexity index is 886. The molecule has 0 aliphatic carbocycles. The molecule has 0 fully saturated rings. The Labute approximate surface area is 161 Å². The number of aromatic hydroxyl groups is 1. The molecule has 0 saturated heterocycles. The molecule has 27 heavy (non-hydrogen) atoms. The van der Waals surface area contributed by atoms with Crippen LogP contribution in [0.25, 0.3) is 0 Å². The van der Waals surface area contributed by atoms with Gasteiger partial charge in [-0.15, -0.1) is 0 Å². The van der Waals surface area contributed by atoms with Gasteiger partial charge in [-0.25, -0.2) is 0 Å². The number of aryl methyl sites for hydroxylation is 2. The highest BCUT2D eigenvalue weighted by Gasteiger charge is 2.11. The van der Waals surface area contributed by atoms with E-state index in [2.05, 4.69) is 26.0 Å². The highest BCUT2D eigenvalue weighted by molar-refractivity contribution is 5.41. The summed E-state index contributed by atoms with van der Waals surface area (Å²) in [6, 6.07) is 21.5. The zero-order chi connectivity index (χ0) is 19.1. The van der Waals surface area contributed by atoms with Crippen LogP contribution in [-0.4, -0.2) is 5.11 Å². The van der Waals surface area contributed by atoms with Gasteiger partial charge in [0.2, 0.25) is 0 Å². The van der Waals surface area contributed by atoms with Crippen LogP contribution in [0, 0.1) is 0 Å². The van der Waals surface area contributed by atoms with Crippen LogP contribution in [0.1, 0.15) is 36.1 Å². The molecule has 0 heterocycles. The maximum Gasteiger partial charge on any atom is 0.122 e. The van der Waals surface area contributed by atoms with Crippen molar-refractivity contribution in [2.75, 3.05) is 0 Å². The summed E-state index contributed by atoms with van der Waals surface area (Å²) in [7, 11) is 0. The lowest BCUT2D eigenvalue weighted by molar-refractivity contribution is 0.277. The minimum absolute atomic E-state index is 0.230. The monoisotopic (exact) mass is 362 g/mol. The third kappa shape index (κ3) is 4.62.